The topological polar surface area (TPSA) is 69.7 Å². The van der Waals surface area contributed by atoms with Gasteiger partial charge in [0.1, 0.15) is 12.1 Å². The van der Waals surface area contributed by atoms with Crippen molar-refractivity contribution in [3.05, 3.63) is 42.0 Å². The van der Waals surface area contributed by atoms with Gasteiger partial charge in [-0.15, -0.1) is 0 Å². The number of nitrogens with zero attached hydrogens (tertiary/aromatic N) is 4. The van der Waals surface area contributed by atoms with Crippen LogP contribution in [0.2, 0.25) is 0 Å². The fraction of sp³-hybridized carbons (Fsp3) is 0.267. The van der Waals surface area contributed by atoms with Crippen molar-refractivity contribution in [3.8, 4) is 0 Å². The van der Waals surface area contributed by atoms with Crippen molar-refractivity contribution in [1.82, 2.24) is 25.1 Å². The highest BCUT2D eigenvalue weighted by atomic mass is 15.1. The molecule has 0 saturated carbocycles. The van der Waals surface area contributed by atoms with Crippen LogP contribution in [0, 0.1) is 0 Å². The molecule has 0 aliphatic carbocycles. The number of aromatic nitrogens is 4. The molecule has 0 spiro atoms. The molecule has 4 rings (SSSR count). The largest absolute Gasteiger partial charge is 0.340 e. The van der Waals surface area contributed by atoms with Crippen molar-refractivity contribution in [2.45, 2.75) is 13.0 Å². The van der Waals surface area contributed by atoms with Gasteiger partial charge >= 0.3 is 0 Å². The number of hydrogen-bond donors (Lipinski definition) is 2. The Balaban J connectivity index is 1.70. The van der Waals surface area contributed by atoms with Gasteiger partial charge in [-0.1, -0.05) is 0 Å². The number of rotatable bonds is 2. The van der Waals surface area contributed by atoms with Gasteiger partial charge in [0.2, 0.25) is 0 Å². The first-order valence-electron chi connectivity index (χ1n) is 7.01. The van der Waals surface area contributed by atoms with Crippen molar-refractivity contribution < 1.29 is 0 Å². The highest BCUT2D eigenvalue weighted by Crippen LogP contribution is 2.26. The van der Waals surface area contributed by atoms with E-state index in [4.69, 9.17) is 0 Å². The second-order valence-electron chi connectivity index (χ2n) is 5.43. The molecule has 1 aliphatic rings. The lowest BCUT2D eigenvalue weighted by Crippen LogP contribution is -2.28. The van der Waals surface area contributed by atoms with E-state index in [0.29, 0.717) is 0 Å². The van der Waals surface area contributed by atoms with Gasteiger partial charge in [0, 0.05) is 36.1 Å². The number of likely N-dealkylation sites (N-methyl/N-ethyl adjacent to an activating group) is 1. The maximum absolute atomic E-state index is 4.42. The predicted octanol–water partition coefficient (Wildman–Crippen LogP) is 2.08. The zero-order valence-electron chi connectivity index (χ0n) is 11.8. The summed E-state index contributed by atoms with van der Waals surface area (Å²) in [6, 6.07) is 6.12. The van der Waals surface area contributed by atoms with E-state index in [1.54, 1.807) is 6.33 Å². The Kier molecular flexibility index (Phi) is 2.82. The van der Waals surface area contributed by atoms with Gasteiger partial charge < -0.3 is 10.2 Å². The second kappa shape index (κ2) is 4.82. The highest BCUT2D eigenvalue weighted by Gasteiger charge is 2.18. The molecule has 0 amide bonds. The van der Waals surface area contributed by atoms with Crippen molar-refractivity contribution in [1.29, 1.82) is 0 Å². The van der Waals surface area contributed by atoms with Gasteiger partial charge in [0.05, 0.1) is 17.4 Å². The summed E-state index contributed by atoms with van der Waals surface area (Å²) in [6.45, 7) is 1.93. The molecule has 2 N–H and O–H groups in total. The fourth-order valence-corrected chi connectivity index (χ4v) is 2.74. The SMILES string of the molecule is CN1CCc2ncnc(Nc3ccc4[nH]ncc4c3)c2C1. The molecule has 21 heavy (non-hydrogen) atoms. The maximum Gasteiger partial charge on any atom is 0.138 e. The molecule has 0 atom stereocenters. The molecule has 1 aromatic carbocycles. The normalized spacial score (nSPS) is 15.1. The standard InChI is InChI=1S/C15H16N6/c1-21-5-4-14-12(8-21)15(17-9-16-14)19-11-2-3-13-10(6-11)7-18-20-13/h2-3,6-7,9H,4-5,8H2,1H3,(H,18,20)(H,16,17,19). The van der Waals surface area contributed by atoms with Crippen LogP contribution in [0.3, 0.4) is 0 Å². The summed E-state index contributed by atoms with van der Waals surface area (Å²) >= 11 is 0. The molecule has 6 nitrogen and oxygen atoms in total. The van der Waals surface area contributed by atoms with Crippen LogP contribution in [0.25, 0.3) is 10.9 Å². The molecule has 3 aromatic rings. The summed E-state index contributed by atoms with van der Waals surface area (Å²) in [6.07, 6.45) is 4.44. The van der Waals surface area contributed by atoms with Crippen LogP contribution in [-0.4, -0.2) is 38.7 Å². The third kappa shape index (κ3) is 2.23. The van der Waals surface area contributed by atoms with Crippen molar-refractivity contribution in [3.63, 3.8) is 0 Å². The summed E-state index contributed by atoms with van der Waals surface area (Å²) in [5.74, 6) is 0.898. The van der Waals surface area contributed by atoms with Gasteiger partial charge in [-0.25, -0.2) is 9.97 Å². The number of benzene rings is 1. The summed E-state index contributed by atoms with van der Waals surface area (Å²) in [7, 11) is 2.12. The monoisotopic (exact) mass is 280 g/mol. The molecule has 0 saturated heterocycles. The lowest BCUT2D eigenvalue weighted by molar-refractivity contribution is 0.310. The molecule has 2 aromatic heterocycles. The Labute approximate surface area is 122 Å². The van der Waals surface area contributed by atoms with E-state index >= 15 is 0 Å². The molecule has 0 radical (unpaired) electrons. The Morgan fingerprint density at radius 1 is 1.29 bits per heavy atom. The average molecular weight is 280 g/mol. The van der Waals surface area contributed by atoms with Crippen LogP contribution in [0.4, 0.5) is 11.5 Å². The van der Waals surface area contributed by atoms with E-state index in [9.17, 15) is 0 Å². The lowest BCUT2D eigenvalue weighted by Gasteiger charge is -2.25. The maximum atomic E-state index is 4.42. The van der Waals surface area contributed by atoms with E-state index in [2.05, 4.69) is 43.5 Å². The Hall–Kier alpha value is -2.47. The van der Waals surface area contributed by atoms with E-state index in [1.807, 2.05) is 18.3 Å². The first-order chi connectivity index (χ1) is 10.3. The molecule has 1 aliphatic heterocycles. The minimum Gasteiger partial charge on any atom is -0.340 e. The van der Waals surface area contributed by atoms with Crippen LogP contribution >= 0.6 is 0 Å². The third-order valence-corrected chi connectivity index (χ3v) is 3.90. The van der Waals surface area contributed by atoms with E-state index in [0.717, 1.165) is 47.6 Å². The van der Waals surface area contributed by atoms with E-state index in [1.165, 1.54) is 5.56 Å². The zero-order valence-corrected chi connectivity index (χ0v) is 11.8. The minimum absolute atomic E-state index is 0.881. The van der Waals surface area contributed by atoms with Crippen LogP contribution in [0.15, 0.2) is 30.7 Å². The quantitative estimate of drug-likeness (QED) is 0.752. The summed E-state index contributed by atoms with van der Waals surface area (Å²) in [4.78, 5) is 11.1. The average Bonchev–Trinajstić information content (AvgIpc) is 2.95. The van der Waals surface area contributed by atoms with Gasteiger partial charge in [0.15, 0.2) is 0 Å². The number of aromatic amines is 1. The molecular formula is C15H16N6. The second-order valence-corrected chi connectivity index (χ2v) is 5.43. The van der Waals surface area contributed by atoms with Crippen molar-refractivity contribution in [2.24, 2.45) is 0 Å². The van der Waals surface area contributed by atoms with Crippen molar-refractivity contribution >= 4 is 22.4 Å². The van der Waals surface area contributed by atoms with Crippen molar-refractivity contribution in [2.75, 3.05) is 18.9 Å². The Morgan fingerprint density at radius 2 is 2.24 bits per heavy atom. The van der Waals surface area contributed by atoms with E-state index < -0.39 is 0 Å². The predicted molar refractivity (Wildman–Crippen MR) is 81.4 cm³/mol. The molecule has 6 heteroatoms. The zero-order chi connectivity index (χ0) is 14.2. The highest BCUT2D eigenvalue weighted by molar-refractivity contribution is 5.82. The van der Waals surface area contributed by atoms with E-state index in [-0.39, 0.29) is 0 Å². The van der Waals surface area contributed by atoms with Crippen LogP contribution in [0.5, 0.6) is 0 Å². The molecule has 0 fully saturated rings. The van der Waals surface area contributed by atoms with Gasteiger partial charge in [-0.3, -0.25) is 5.10 Å². The molecule has 106 valence electrons. The fourth-order valence-electron chi connectivity index (χ4n) is 2.74. The minimum atomic E-state index is 0.881. The number of anilines is 2. The third-order valence-electron chi connectivity index (χ3n) is 3.90. The smallest absolute Gasteiger partial charge is 0.138 e. The van der Waals surface area contributed by atoms with Gasteiger partial charge in [-0.05, 0) is 25.2 Å². The Morgan fingerprint density at radius 3 is 3.19 bits per heavy atom. The van der Waals surface area contributed by atoms with Crippen LogP contribution in [-0.2, 0) is 13.0 Å². The van der Waals surface area contributed by atoms with Crippen LogP contribution < -0.4 is 5.32 Å². The number of nitrogens with one attached hydrogen (secondary N) is 2. The molecule has 0 unspecified atom stereocenters. The molecule has 0 bridgehead atoms. The number of H-pyrrole nitrogens is 1. The summed E-state index contributed by atoms with van der Waals surface area (Å²) < 4.78 is 0. The lowest BCUT2D eigenvalue weighted by atomic mass is 10.1. The number of fused-ring (bicyclic) bond motifs is 2. The molecular weight excluding hydrogens is 264 g/mol. The van der Waals surface area contributed by atoms with Gasteiger partial charge in [-0.2, -0.15) is 5.10 Å². The molecule has 3 heterocycles. The Bertz CT molecular complexity index is 794. The van der Waals surface area contributed by atoms with Gasteiger partial charge in [0.25, 0.3) is 0 Å². The first kappa shape index (κ1) is 12.3. The summed E-state index contributed by atoms with van der Waals surface area (Å²) in [5, 5.41) is 11.5. The first-order valence-corrected chi connectivity index (χ1v) is 7.01. The summed E-state index contributed by atoms with van der Waals surface area (Å²) in [5.41, 5.74) is 4.39. The number of hydrogen-bond acceptors (Lipinski definition) is 5. The van der Waals surface area contributed by atoms with Crippen LogP contribution in [0.1, 0.15) is 11.3 Å².